The van der Waals surface area contributed by atoms with E-state index in [1.807, 2.05) is 0 Å². The maximum atomic E-state index is 2.55. The standard InChI is InChI=1S/C44H31N/c1-5-18-32(19-6-1)43(33-20-7-2-8-21-33)36-26-13-15-30-40(36)45-41-31-16-14-27-37(41)44(34-22-9-3-10-23-34,35-24-11-4-12-25-35)39-29-17-28-38(43)42(39)45/h1-31H. The van der Waals surface area contributed by atoms with Crippen molar-refractivity contribution in [2.45, 2.75) is 10.8 Å². The van der Waals surface area contributed by atoms with Crippen molar-refractivity contribution in [2.24, 2.45) is 0 Å². The summed E-state index contributed by atoms with van der Waals surface area (Å²) in [4.78, 5) is 2.55. The quantitative estimate of drug-likeness (QED) is 0.202. The normalized spacial score (nSPS) is 15.0. The van der Waals surface area contributed by atoms with E-state index in [0.717, 1.165) is 0 Å². The Balaban J connectivity index is 1.52. The van der Waals surface area contributed by atoms with E-state index in [9.17, 15) is 0 Å². The maximum absolute atomic E-state index is 2.55. The number of hydrogen-bond donors (Lipinski definition) is 0. The van der Waals surface area contributed by atoms with Gasteiger partial charge >= 0.3 is 0 Å². The molecule has 0 radical (unpaired) electrons. The zero-order chi connectivity index (χ0) is 29.8. The first kappa shape index (κ1) is 25.8. The van der Waals surface area contributed by atoms with Gasteiger partial charge < -0.3 is 4.90 Å². The van der Waals surface area contributed by atoms with E-state index >= 15 is 0 Å². The van der Waals surface area contributed by atoms with Gasteiger partial charge in [-0.15, -0.1) is 0 Å². The van der Waals surface area contributed by atoms with Crippen LogP contribution >= 0.6 is 0 Å². The Labute approximate surface area is 264 Å². The van der Waals surface area contributed by atoms with Crippen molar-refractivity contribution in [2.75, 3.05) is 4.90 Å². The van der Waals surface area contributed by atoms with E-state index in [-0.39, 0.29) is 0 Å². The summed E-state index contributed by atoms with van der Waals surface area (Å²) in [5, 5.41) is 0. The zero-order valence-electron chi connectivity index (χ0n) is 24.8. The van der Waals surface area contributed by atoms with Gasteiger partial charge in [-0.05, 0) is 56.6 Å². The molecule has 9 rings (SSSR count). The lowest BCUT2D eigenvalue weighted by molar-refractivity contribution is 0.690. The van der Waals surface area contributed by atoms with Gasteiger partial charge in [0.05, 0.1) is 27.9 Å². The minimum Gasteiger partial charge on any atom is -0.309 e. The maximum Gasteiger partial charge on any atom is 0.0742 e. The first-order valence-corrected chi connectivity index (χ1v) is 15.7. The molecule has 0 saturated heterocycles. The van der Waals surface area contributed by atoms with Crippen molar-refractivity contribution in [1.82, 2.24) is 0 Å². The fourth-order valence-corrected chi connectivity index (χ4v) is 8.35. The smallest absolute Gasteiger partial charge is 0.0742 e. The summed E-state index contributed by atoms with van der Waals surface area (Å²) in [6.07, 6.45) is 0. The van der Waals surface area contributed by atoms with Gasteiger partial charge in [-0.25, -0.2) is 0 Å². The first-order chi connectivity index (χ1) is 22.4. The highest BCUT2D eigenvalue weighted by Gasteiger charge is 2.53. The number of hydrogen-bond acceptors (Lipinski definition) is 1. The average molecular weight is 574 g/mol. The summed E-state index contributed by atoms with van der Waals surface area (Å²) < 4.78 is 0. The molecule has 0 bridgehead atoms. The van der Waals surface area contributed by atoms with Crippen LogP contribution in [0.5, 0.6) is 0 Å². The van der Waals surface area contributed by atoms with Crippen LogP contribution in [0, 0.1) is 0 Å². The van der Waals surface area contributed by atoms with Crippen LogP contribution in [0.15, 0.2) is 188 Å². The minimum atomic E-state index is -0.521. The van der Waals surface area contributed by atoms with Crippen molar-refractivity contribution in [1.29, 1.82) is 0 Å². The van der Waals surface area contributed by atoms with Gasteiger partial charge in [-0.1, -0.05) is 176 Å². The molecular weight excluding hydrogens is 542 g/mol. The highest BCUT2D eigenvalue weighted by molar-refractivity contribution is 5.96. The molecule has 0 spiro atoms. The molecule has 0 aromatic heterocycles. The Morgan fingerprint density at radius 1 is 0.267 bits per heavy atom. The van der Waals surface area contributed by atoms with Gasteiger partial charge in [-0.3, -0.25) is 0 Å². The van der Waals surface area contributed by atoms with Crippen LogP contribution < -0.4 is 4.90 Å². The third-order valence-corrected chi connectivity index (χ3v) is 9.99. The van der Waals surface area contributed by atoms with Gasteiger partial charge in [0.15, 0.2) is 0 Å². The van der Waals surface area contributed by atoms with Gasteiger partial charge in [0, 0.05) is 0 Å². The van der Waals surface area contributed by atoms with Crippen molar-refractivity contribution >= 4 is 17.1 Å². The highest BCUT2D eigenvalue weighted by Crippen LogP contribution is 2.65. The van der Waals surface area contributed by atoms with Gasteiger partial charge in [0.2, 0.25) is 0 Å². The number of fused-ring (bicyclic) bond motifs is 4. The van der Waals surface area contributed by atoms with Gasteiger partial charge in [0.25, 0.3) is 0 Å². The molecule has 2 aliphatic heterocycles. The molecule has 0 saturated carbocycles. The van der Waals surface area contributed by atoms with Gasteiger partial charge in [0.1, 0.15) is 0 Å². The van der Waals surface area contributed by atoms with E-state index in [4.69, 9.17) is 0 Å². The third kappa shape index (κ3) is 3.38. The number of benzene rings is 7. The number of nitrogens with zero attached hydrogens (tertiary/aromatic N) is 1. The largest absolute Gasteiger partial charge is 0.309 e. The predicted octanol–water partition coefficient (Wildman–Crippen LogP) is 10.5. The van der Waals surface area contributed by atoms with Crippen molar-refractivity contribution in [3.8, 4) is 0 Å². The molecule has 0 amide bonds. The van der Waals surface area contributed by atoms with E-state index in [2.05, 4.69) is 193 Å². The second kappa shape index (κ2) is 9.94. The minimum absolute atomic E-state index is 0.521. The zero-order valence-corrected chi connectivity index (χ0v) is 24.8. The van der Waals surface area contributed by atoms with Crippen LogP contribution in [0.3, 0.4) is 0 Å². The van der Waals surface area contributed by atoms with Crippen LogP contribution in [0.2, 0.25) is 0 Å². The van der Waals surface area contributed by atoms with E-state index < -0.39 is 10.8 Å². The van der Waals surface area contributed by atoms with Crippen LogP contribution in [0.25, 0.3) is 0 Å². The molecule has 2 aliphatic rings. The molecular formula is C44H31N. The Hall–Kier alpha value is -5.66. The van der Waals surface area contributed by atoms with E-state index in [1.54, 1.807) is 0 Å². The van der Waals surface area contributed by atoms with Crippen LogP contribution in [-0.2, 0) is 10.8 Å². The lowest BCUT2D eigenvalue weighted by Crippen LogP contribution is -2.44. The average Bonchev–Trinajstić information content (AvgIpc) is 3.13. The van der Waals surface area contributed by atoms with Crippen molar-refractivity contribution in [3.63, 3.8) is 0 Å². The first-order valence-electron chi connectivity index (χ1n) is 15.7. The molecule has 0 aliphatic carbocycles. The molecule has 1 nitrogen and oxygen atoms in total. The Kier molecular flexibility index (Phi) is 5.70. The summed E-state index contributed by atoms with van der Waals surface area (Å²) in [5.41, 5.74) is 12.9. The monoisotopic (exact) mass is 573 g/mol. The second-order valence-electron chi connectivity index (χ2n) is 12.0. The predicted molar refractivity (Wildman–Crippen MR) is 185 cm³/mol. The molecule has 45 heavy (non-hydrogen) atoms. The molecule has 7 aromatic carbocycles. The van der Waals surface area contributed by atoms with Crippen molar-refractivity contribution in [3.05, 3.63) is 233 Å². The summed E-state index contributed by atoms with van der Waals surface area (Å²) in [5.74, 6) is 0. The lowest BCUT2D eigenvalue weighted by Gasteiger charge is -2.53. The Bertz CT molecular complexity index is 1920. The molecule has 1 heteroatoms. The summed E-state index contributed by atoms with van der Waals surface area (Å²) in [6.45, 7) is 0. The number of rotatable bonds is 4. The second-order valence-corrected chi connectivity index (χ2v) is 12.0. The molecule has 0 atom stereocenters. The third-order valence-electron chi connectivity index (χ3n) is 9.99. The molecule has 7 aromatic rings. The van der Waals surface area contributed by atoms with Crippen LogP contribution in [0.1, 0.15) is 44.5 Å². The van der Waals surface area contributed by atoms with Crippen LogP contribution in [-0.4, -0.2) is 0 Å². The number of para-hydroxylation sites is 3. The molecule has 212 valence electrons. The van der Waals surface area contributed by atoms with E-state index in [1.165, 1.54) is 61.6 Å². The van der Waals surface area contributed by atoms with E-state index in [0.29, 0.717) is 0 Å². The fraction of sp³-hybridized carbons (Fsp3) is 0.0455. The van der Waals surface area contributed by atoms with Gasteiger partial charge in [-0.2, -0.15) is 0 Å². The summed E-state index contributed by atoms with van der Waals surface area (Å²) >= 11 is 0. The lowest BCUT2D eigenvalue weighted by atomic mass is 9.57. The van der Waals surface area contributed by atoms with Crippen molar-refractivity contribution < 1.29 is 0 Å². The SMILES string of the molecule is c1ccc(C2(c3ccccc3)c3ccccc3N3c4ccccc4C(c4ccccc4)(c4ccccc4)c4cccc2c43)cc1. The summed E-state index contributed by atoms with van der Waals surface area (Å²) in [6, 6.07) is 69.4. The molecule has 2 heterocycles. The summed E-state index contributed by atoms with van der Waals surface area (Å²) in [7, 11) is 0. The fourth-order valence-electron chi connectivity index (χ4n) is 8.35. The highest BCUT2D eigenvalue weighted by atomic mass is 15.2. The molecule has 0 N–H and O–H groups in total. The van der Waals surface area contributed by atoms with Crippen LogP contribution in [0.4, 0.5) is 17.1 Å². The molecule has 0 fully saturated rings. The Morgan fingerprint density at radius 3 is 0.911 bits per heavy atom. The Morgan fingerprint density at radius 2 is 0.556 bits per heavy atom. The number of anilines is 3. The molecule has 0 unspecified atom stereocenters. The topological polar surface area (TPSA) is 3.24 Å².